The first kappa shape index (κ1) is 22.6. The van der Waals surface area contributed by atoms with Gasteiger partial charge in [0.05, 0.1) is 5.56 Å². The standard InChI is InChI=1S/C28H40O3/c1-3-4-5-6-7-8-9-26(29)25-15-14-24-23-13-10-19-18-20(27(30)31)11-12-21(19)22(23)16-17-28(24,25)2/h11-12,18,22-25H,3-10,13-17H2,1-2H3,(H,30,31)/t22-,23-,24+,25-,28+/m1/s1. The number of aryl methyl sites for hydroxylation is 1. The number of Topliss-reactive ketones (excluding diaryl/α,β-unsaturated/α-hetero) is 1. The molecule has 0 amide bonds. The largest absolute Gasteiger partial charge is 0.478 e. The maximum atomic E-state index is 13.2. The average molecular weight is 425 g/mol. The molecule has 0 aliphatic heterocycles. The Morgan fingerprint density at radius 1 is 1.03 bits per heavy atom. The van der Waals surface area contributed by atoms with Gasteiger partial charge in [-0.05, 0) is 91.4 Å². The summed E-state index contributed by atoms with van der Waals surface area (Å²) in [6.45, 7) is 4.67. The van der Waals surface area contributed by atoms with Gasteiger partial charge in [0.25, 0.3) is 0 Å². The maximum Gasteiger partial charge on any atom is 0.335 e. The quantitative estimate of drug-likeness (QED) is 0.427. The van der Waals surface area contributed by atoms with Crippen LogP contribution >= 0.6 is 0 Å². The van der Waals surface area contributed by atoms with Gasteiger partial charge in [-0.1, -0.05) is 52.0 Å². The third-order valence-electron chi connectivity index (χ3n) is 9.14. The van der Waals surface area contributed by atoms with E-state index in [1.54, 1.807) is 6.07 Å². The Kier molecular flexibility index (Phi) is 6.89. The van der Waals surface area contributed by atoms with E-state index in [4.69, 9.17) is 0 Å². The predicted octanol–water partition coefficient (Wildman–Crippen LogP) is 7.18. The van der Waals surface area contributed by atoms with Crippen LogP contribution in [0, 0.1) is 23.2 Å². The van der Waals surface area contributed by atoms with Crippen molar-refractivity contribution >= 4 is 11.8 Å². The number of rotatable bonds is 9. The second kappa shape index (κ2) is 9.46. The smallest absolute Gasteiger partial charge is 0.335 e. The van der Waals surface area contributed by atoms with Crippen molar-refractivity contribution < 1.29 is 14.7 Å². The summed E-state index contributed by atoms with van der Waals surface area (Å²) >= 11 is 0. The predicted molar refractivity (Wildman–Crippen MR) is 125 cm³/mol. The fourth-order valence-corrected chi connectivity index (χ4v) is 7.50. The fraction of sp³-hybridized carbons (Fsp3) is 0.714. The highest BCUT2D eigenvalue weighted by atomic mass is 16.4. The third-order valence-corrected chi connectivity index (χ3v) is 9.14. The molecule has 0 bridgehead atoms. The summed E-state index contributed by atoms with van der Waals surface area (Å²) in [5.41, 5.74) is 3.24. The minimum Gasteiger partial charge on any atom is -0.478 e. The molecule has 31 heavy (non-hydrogen) atoms. The molecule has 0 saturated heterocycles. The van der Waals surface area contributed by atoms with Crippen LogP contribution in [-0.4, -0.2) is 16.9 Å². The van der Waals surface area contributed by atoms with E-state index < -0.39 is 5.97 Å². The van der Waals surface area contributed by atoms with E-state index in [1.165, 1.54) is 49.7 Å². The summed E-state index contributed by atoms with van der Waals surface area (Å²) in [7, 11) is 0. The summed E-state index contributed by atoms with van der Waals surface area (Å²) < 4.78 is 0. The molecule has 0 spiro atoms. The lowest BCUT2D eigenvalue weighted by Crippen LogP contribution is -2.44. The van der Waals surface area contributed by atoms with E-state index in [0.717, 1.165) is 44.9 Å². The minimum absolute atomic E-state index is 0.180. The van der Waals surface area contributed by atoms with Crippen LogP contribution in [-0.2, 0) is 11.2 Å². The van der Waals surface area contributed by atoms with Gasteiger partial charge in [0.2, 0.25) is 0 Å². The zero-order chi connectivity index (χ0) is 22.0. The first-order valence-corrected chi connectivity index (χ1v) is 12.8. The number of ketones is 1. The number of unbranched alkanes of at least 4 members (excludes halogenated alkanes) is 5. The van der Waals surface area contributed by atoms with Crippen molar-refractivity contribution in [1.29, 1.82) is 0 Å². The molecule has 3 nitrogen and oxygen atoms in total. The van der Waals surface area contributed by atoms with Gasteiger partial charge < -0.3 is 5.11 Å². The third kappa shape index (κ3) is 4.34. The van der Waals surface area contributed by atoms with Crippen molar-refractivity contribution in [2.75, 3.05) is 0 Å². The Bertz CT molecular complexity index is 812. The van der Waals surface area contributed by atoms with Crippen LogP contribution in [0.1, 0.15) is 118 Å². The van der Waals surface area contributed by atoms with Gasteiger partial charge in [-0.2, -0.15) is 0 Å². The lowest BCUT2D eigenvalue weighted by Gasteiger charge is -2.50. The van der Waals surface area contributed by atoms with Crippen LogP contribution in [0.15, 0.2) is 18.2 Å². The first-order valence-electron chi connectivity index (χ1n) is 12.8. The second-order valence-corrected chi connectivity index (χ2v) is 10.8. The lowest BCUT2D eigenvalue weighted by atomic mass is 9.53. The van der Waals surface area contributed by atoms with Gasteiger partial charge in [0.1, 0.15) is 5.78 Å². The van der Waals surface area contributed by atoms with Crippen LogP contribution < -0.4 is 0 Å². The summed E-state index contributed by atoms with van der Waals surface area (Å²) in [4.78, 5) is 24.6. The molecule has 1 aromatic rings. The molecule has 2 saturated carbocycles. The van der Waals surface area contributed by atoms with Gasteiger partial charge in [0.15, 0.2) is 0 Å². The minimum atomic E-state index is -0.830. The maximum absolute atomic E-state index is 13.2. The van der Waals surface area contributed by atoms with Crippen molar-refractivity contribution in [3.05, 3.63) is 34.9 Å². The Morgan fingerprint density at radius 2 is 1.81 bits per heavy atom. The molecule has 1 N–H and O–H groups in total. The van der Waals surface area contributed by atoms with Gasteiger partial charge in [-0.3, -0.25) is 4.79 Å². The number of carboxylic acid groups (broad SMARTS) is 1. The van der Waals surface area contributed by atoms with Crippen LogP contribution in [0.2, 0.25) is 0 Å². The molecule has 0 unspecified atom stereocenters. The molecule has 170 valence electrons. The van der Waals surface area contributed by atoms with Crippen molar-refractivity contribution in [3.63, 3.8) is 0 Å². The zero-order valence-electron chi connectivity index (χ0n) is 19.5. The van der Waals surface area contributed by atoms with E-state index >= 15 is 0 Å². The molecular weight excluding hydrogens is 384 g/mol. The second-order valence-electron chi connectivity index (χ2n) is 10.8. The number of carbonyl (C=O) groups is 2. The molecule has 0 heterocycles. The van der Waals surface area contributed by atoms with Gasteiger partial charge >= 0.3 is 5.97 Å². The number of hydrogen-bond donors (Lipinski definition) is 1. The first-order chi connectivity index (χ1) is 15.0. The Labute approximate surface area is 188 Å². The molecule has 2 fully saturated rings. The molecule has 5 atom stereocenters. The molecule has 1 aromatic carbocycles. The molecule has 3 aliphatic carbocycles. The summed E-state index contributed by atoms with van der Waals surface area (Å²) in [5, 5.41) is 9.34. The normalized spacial score (nSPS) is 31.5. The number of carboxylic acids is 1. The van der Waals surface area contributed by atoms with Crippen molar-refractivity contribution in [2.24, 2.45) is 23.2 Å². The Hall–Kier alpha value is -1.64. The summed E-state index contributed by atoms with van der Waals surface area (Å²) in [6.07, 6.45) is 15.0. The lowest BCUT2D eigenvalue weighted by molar-refractivity contribution is -0.128. The van der Waals surface area contributed by atoms with Gasteiger partial charge in [0, 0.05) is 12.3 Å². The average Bonchev–Trinajstić information content (AvgIpc) is 3.12. The SMILES string of the molecule is CCCCCCCCC(=O)[C@H]1CC[C@H]2[C@@H]3CCc4cc(C(=O)O)ccc4[C@H]3CC[C@]12C. The molecule has 0 aromatic heterocycles. The Morgan fingerprint density at radius 3 is 2.58 bits per heavy atom. The topological polar surface area (TPSA) is 54.4 Å². The molecule has 4 rings (SSSR count). The highest BCUT2D eigenvalue weighted by Crippen LogP contribution is 2.63. The van der Waals surface area contributed by atoms with Crippen molar-refractivity contribution in [3.8, 4) is 0 Å². The number of carbonyl (C=O) groups excluding carboxylic acids is 1. The highest BCUT2D eigenvalue weighted by molar-refractivity contribution is 5.88. The molecule has 0 radical (unpaired) electrons. The molecule has 3 heteroatoms. The van der Waals surface area contributed by atoms with Crippen LogP contribution in [0.5, 0.6) is 0 Å². The van der Waals surface area contributed by atoms with Crippen LogP contribution in [0.25, 0.3) is 0 Å². The highest BCUT2D eigenvalue weighted by Gasteiger charge is 2.56. The van der Waals surface area contributed by atoms with E-state index in [2.05, 4.69) is 19.9 Å². The zero-order valence-corrected chi connectivity index (χ0v) is 19.5. The summed E-state index contributed by atoms with van der Waals surface area (Å²) in [6, 6.07) is 5.79. The van der Waals surface area contributed by atoms with E-state index in [9.17, 15) is 14.7 Å². The number of fused-ring (bicyclic) bond motifs is 5. The number of benzene rings is 1. The Balaban J connectivity index is 1.40. The fourth-order valence-electron chi connectivity index (χ4n) is 7.50. The monoisotopic (exact) mass is 424 g/mol. The molecule has 3 aliphatic rings. The van der Waals surface area contributed by atoms with Crippen molar-refractivity contribution in [1.82, 2.24) is 0 Å². The van der Waals surface area contributed by atoms with Gasteiger partial charge in [-0.15, -0.1) is 0 Å². The number of aromatic carboxylic acids is 1. The molecular formula is C28H40O3. The van der Waals surface area contributed by atoms with Crippen LogP contribution in [0.3, 0.4) is 0 Å². The summed E-state index contributed by atoms with van der Waals surface area (Å²) in [5.74, 6) is 1.85. The van der Waals surface area contributed by atoms with E-state index in [0.29, 0.717) is 29.1 Å². The van der Waals surface area contributed by atoms with Crippen LogP contribution in [0.4, 0.5) is 0 Å². The van der Waals surface area contributed by atoms with E-state index in [-0.39, 0.29) is 11.3 Å². The van der Waals surface area contributed by atoms with Gasteiger partial charge in [-0.25, -0.2) is 4.79 Å². The van der Waals surface area contributed by atoms with E-state index in [1.807, 2.05) is 6.07 Å². The van der Waals surface area contributed by atoms with Crippen molar-refractivity contribution in [2.45, 2.75) is 103 Å². The number of hydrogen-bond acceptors (Lipinski definition) is 2.